The number of alkyl halides is 3. The molecule has 0 aliphatic carbocycles. The maximum atomic E-state index is 13.6. The first-order chi connectivity index (χ1) is 16.9. The number of aryl methyl sites for hydroxylation is 2. The summed E-state index contributed by atoms with van der Waals surface area (Å²) < 4.78 is 47.7. The summed E-state index contributed by atoms with van der Waals surface area (Å²) in [5.74, 6) is 1.11. The molecule has 1 aliphatic heterocycles. The van der Waals surface area contributed by atoms with Gasteiger partial charge < -0.3 is 14.5 Å². The van der Waals surface area contributed by atoms with Crippen molar-refractivity contribution in [3.05, 3.63) is 29.1 Å². The van der Waals surface area contributed by atoms with Crippen LogP contribution in [0.5, 0.6) is 6.01 Å². The van der Waals surface area contributed by atoms with Crippen molar-refractivity contribution in [3.8, 4) is 17.3 Å². The molecule has 4 heterocycles. The van der Waals surface area contributed by atoms with Gasteiger partial charge in [-0.2, -0.15) is 18.3 Å². The van der Waals surface area contributed by atoms with Crippen LogP contribution in [0.4, 0.5) is 18.2 Å². The maximum absolute atomic E-state index is 13.6. The Bertz CT molecular complexity index is 1230. The van der Waals surface area contributed by atoms with Crippen molar-refractivity contribution in [2.24, 2.45) is 0 Å². The maximum Gasteiger partial charge on any atom is 0.443 e. The van der Waals surface area contributed by atoms with Crippen molar-refractivity contribution >= 4 is 22.2 Å². The average Bonchev–Trinajstić information content (AvgIpc) is 3.37. The van der Waals surface area contributed by atoms with Gasteiger partial charge in [-0.15, -0.1) is 0 Å². The summed E-state index contributed by atoms with van der Waals surface area (Å²) in [6, 6.07) is -0.0985. The fraction of sp³-hybridized carbons (Fsp3) is 0.545. The van der Waals surface area contributed by atoms with E-state index in [1.807, 2.05) is 25.7 Å². The van der Waals surface area contributed by atoms with Gasteiger partial charge in [-0.25, -0.2) is 24.6 Å². The number of nitrogens with zero attached hydrogens (tertiary/aromatic N) is 8. The molecule has 0 bridgehead atoms. The first-order valence-corrected chi connectivity index (χ1v) is 12.2. The number of carbonyl (C=O) groups excluding carboxylic acids is 1. The van der Waals surface area contributed by atoms with Gasteiger partial charge >= 0.3 is 12.2 Å². The molecule has 1 fully saturated rings. The van der Waals surface area contributed by atoms with Gasteiger partial charge in [-0.05, 0) is 34.6 Å². The quantitative estimate of drug-likeness (QED) is 0.484. The molecule has 1 atom stereocenters. The minimum Gasteiger partial charge on any atom is -0.461 e. The lowest BCUT2D eigenvalue weighted by Crippen LogP contribution is -2.54. The summed E-state index contributed by atoms with van der Waals surface area (Å²) in [5, 5.41) is 3.66. The zero-order valence-corrected chi connectivity index (χ0v) is 21.4. The average molecular weight is 525 g/mol. The lowest BCUT2D eigenvalue weighted by Gasteiger charge is -2.40. The van der Waals surface area contributed by atoms with E-state index in [0.717, 1.165) is 0 Å². The summed E-state index contributed by atoms with van der Waals surface area (Å²) in [5.41, 5.74) is 0.514. The fourth-order valence-electron chi connectivity index (χ4n) is 3.99. The molecule has 36 heavy (non-hydrogen) atoms. The Kier molecular flexibility index (Phi) is 7.16. The van der Waals surface area contributed by atoms with E-state index in [-0.39, 0.29) is 36.3 Å². The summed E-state index contributed by atoms with van der Waals surface area (Å²) in [6.07, 6.45) is -1.90. The summed E-state index contributed by atoms with van der Waals surface area (Å²) in [4.78, 5) is 32.8. The third kappa shape index (κ3) is 5.58. The van der Waals surface area contributed by atoms with Crippen LogP contribution in [-0.4, -0.2) is 72.3 Å². The van der Waals surface area contributed by atoms with Gasteiger partial charge in [0.1, 0.15) is 28.9 Å². The van der Waals surface area contributed by atoms with Crippen LogP contribution < -0.4 is 9.64 Å². The molecule has 0 spiro atoms. The molecule has 0 radical (unpaired) electrons. The summed E-state index contributed by atoms with van der Waals surface area (Å²) in [7, 11) is 0. The Balaban J connectivity index is 1.55. The monoisotopic (exact) mass is 524 g/mol. The molecule has 0 aromatic carbocycles. The first-order valence-electron chi connectivity index (χ1n) is 11.4. The van der Waals surface area contributed by atoms with Crippen LogP contribution >= 0.6 is 11.3 Å². The molecule has 10 nitrogen and oxygen atoms in total. The highest BCUT2D eigenvalue weighted by Crippen LogP contribution is 2.43. The van der Waals surface area contributed by atoms with Crippen molar-refractivity contribution in [3.63, 3.8) is 0 Å². The van der Waals surface area contributed by atoms with E-state index < -0.39 is 11.2 Å². The third-order valence-electron chi connectivity index (χ3n) is 5.58. The molecule has 194 valence electrons. The van der Waals surface area contributed by atoms with Crippen LogP contribution in [0, 0.1) is 13.8 Å². The van der Waals surface area contributed by atoms with Crippen molar-refractivity contribution in [2.45, 2.75) is 59.5 Å². The molecule has 3 aromatic heterocycles. The van der Waals surface area contributed by atoms with E-state index >= 15 is 0 Å². The van der Waals surface area contributed by atoms with Gasteiger partial charge in [0.05, 0.1) is 6.10 Å². The molecule has 1 saturated heterocycles. The SMILES string of the molecule is Cc1nc(C)n(CC(=O)N2CCN(c3sc(C(F)(F)F)nc3-c3cnc(OC(C)C)nc3)CC2C)n1. The Morgan fingerprint density at radius 3 is 2.44 bits per heavy atom. The van der Waals surface area contributed by atoms with E-state index in [1.54, 1.807) is 23.4 Å². The highest BCUT2D eigenvalue weighted by atomic mass is 32.1. The van der Waals surface area contributed by atoms with E-state index in [2.05, 4.69) is 25.0 Å². The first kappa shape index (κ1) is 25.8. The predicted octanol–water partition coefficient (Wildman–Crippen LogP) is 3.35. The number of rotatable bonds is 6. The highest BCUT2D eigenvalue weighted by molar-refractivity contribution is 7.16. The molecule has 1 unspecified atom stereocenters. The van der Waals surface area contributed by atoms with E-state index in [1.165, 1.54) is 12.4 Å². The van der Waals surface area contributed by atoms with Crippen molar-refractivity contribution in [1.82, 2.24) is 34.6 Å². The summed E-state index contributed by atoms with van der Waals surface area (Å²) in [6.45, 7) is 10.2. The normalized spacial score (nSPS) is 16.6. The number of halogens is 3. The Hall–Kier alpha value is -3.29. The van der Waals surface area contributed by atoms with Gasteiger partial charge in [0.25, 0.3) is 0 Å². The van der Waals surface area contributed by atoms with Crippen LogP contribution in [0.1, 0.15) is 37.4 Å². The molecular weight excluding hydrogens is 497 g/mol. The van der Waals surface area contributed by atoms with E-state index in [0.29, 0.717) is 53.2 Å². The number of thiazole rings is 1. The van der Waals surface area contributed by atoms with Gasteiger partial charge in [0, 0.05) is 43.6 Å². The minimum atomic E-state index is -4.59. The van der Waals surface area contributed by atoms with Crippen LogP contribution in [0.15, 0.2) is 12.4 Å². The second-order valence-electron chi connectivity index (χ2n) is 8.84. The van der Waals surface area contributed by atoms with Crippen molar-refractivity contribution in [2.75, 3.05) is 24.5 Å². The van der Waals surface area contributed by atoms with Crippen LogP contribution in [0.3, 0.4) is 0 Å². The second kappa shape index (κ2) is 9.99. The molecule has 0 N–H and O–H groups in total. The van der Waals surface area contributed by atoms with Crippen molar-refractivity contribution < 1.29 is 22.7 Å². The smallest absolute Gasteiger partial charge is 0.443 e. The number of carbonyl (C=O) groups is 1. The predicted molar refractivity (Wildman–Crippen MR) is 127 cm³/mol. The lowest BCUT2D eigenvalue weighted by molar-refractivity contribution is -0.137. The van der Waals surface area contributed by atoms with E-state index in [9.17, 15) is 18.0 Å². The molecular formula is C22H27F3N8O2S. The Morgan fingerprint density at radius 1 is 1.19 bits per heavy atom. The van der Waals surface area contributed by atoms with Crippen LogP contribution in [-0.2, 0) is 17.5 Å². The topological polar surface area (TPSA) is 102 Å². The number of anilines is 1. The van der Waals surface area contributed by atoms with Gasteiger partial charge in [0.15, 0.2) is 0 Å². The number of ether oxygens (including phenoxy) is 1. The Morgan fingerprint density at radius 2 is 1.89 bits per heavy atom. The van der Waals surface area contributed by atoms with Gasteiger partial charge in [0.2, 0.25) is 10.9 Å². The highest BCUT2D eigenvalue weighted by Gasteiger charge is 2.38. The molecule has 1 aliphatic rings. The fourth-order valence-corrected chi connectivity index (χ4v) is 4.98. The number of hydrogen-bond acceptors (Lipinski definition) is 9. The minimum absolute atomic E-state index is 0.0587. The number of aromatic nitrogens is 6. The van der Waals surface area contributed by atoms with Crippen LogP contribution in [0.2, 0.25) is 0 Å². The Labute approximate surface area is 210 Å². The zero-order valence-electron chi connectivity index (χ0n) is 20.6. The molecule has 3 aromatic rings. The van der Waals surface area contributed by atoms with Gasteiger partial charge in [-0.1, -0.05) is 11.3 Å². The standard InChI is InChI=1S/C22H27F3N8O2S/c1-12(2)35-21-26-8-16(9-27-21)18-19(36-20(29-18)22(23,24)25)31-6-7-32(13(3)10-31)17(34)11-33-15(5)28-14(4)30-33/h8-9,12-13H,6-7,10-11H2,1-5H3. The molecule has 0 saturated carbocycles. The van der Waals surface area contributed by atoms with Crippen molar-refractivity contribution in [1.29, 1.82) is 0 Å². The second-order valence-corrected chi connectivity index (χ2v) is 9.82. The lowest BCUT2D eigenvalue weighted by atomic mass is 10.1. The van der Waals surface area contributed by atoms with E-state index in [4.69, 9.17) is 4.74 Å². The molecule has 1 amide bonds. The van der Waals surface area contributed by atoms with Crippen LogP contribution in [0.25, 0.3) is 11.3 Å². The zero-order chi connectivity index (χ0) is 26.2. The number of hydrogen-bond donors (Lipinski definition) is 0. The summed E-state index contributed by atoms with van der Waals surface area (Å²) >= 11 is 0.579. The number of piperazine rings is 1. The van der Waals surface area contributed by atoms with Gasteiger partial charge in [-0.3, -0.25) is 4.79 Å². The molecule has 4 rings (SSSR count). The third-order valence-corrected chi connectivity index (χ3v) is 6.74. The molecule has 14 heteroatoms. The largest absolute Gasteiger partial charge is 0.461 e. The number of amides is 1.